The average Bonchev–Trinajstić information content (AvgIpc) is 2.79. The number of aromatic nitrogens is 1. The van der Waals surface area contributed by atoms with Gasteiger partial charge in [-0.2, -0.15) is 4.31 Å². The molecule has 0 aliphatic carbocycles. The first-order valence-electron chi connectivity index (χ1n) is 7.35. The molecule has 1 fully saturated rings. The summed E-state index contributed by atoms with van der Waals surface area (Å²) in [6, 6.07) is 0. The van der Waals surface area contributed by atoms with Crippen molar-refractivity contribution in [1.29, 1.82) is 0 Å². The van der Waals surface area contributed by atoms with Crippen LogP contribution in [0.2, 0.25) is 0 Å². The van der Waals surface area contributed by atoms with Gasteiger partial charge in [-0.05, 0) is 45.2 Å². The number of piperidine rings is 1. The van der Waals surface area contributed by atoms with Crippen molar-refractivity contribution in [3.05, 3.63) is 15.4 Å². The molecule has 0 aromatic carbocycles. The Balaban J connectivity index is 2.23. The lowest BCUT2D eigenvalue weighted by Gasteiger charge is -2.29. The highest BCUT2D eigenvalue weighted by atomic mass is 32.2. The first kappa shape index (κ1) is 16.7. The maximum absolute atomic E-state index is 12.8. The molecule has 2 heterocycles. The molecule has 1 aliphatic rings. The van der Waals surface area contributed by atoms with Crippen LogP contribution in [0.3, 0.4) is 0 Å². The topological polar surface area (TPSA) is 82.3 Å². The van der Waals surface area contributed by atoms with Gasteiger partial charge in [-0.1, -0.05) is 18.3 Å². The van der Waals surface area contributed by atoms with Crippen LogP contribution >= 0.6 is 11.3 Å². The largest absolute Gasteiger partial charge is 0.316 e. The van der Waals surface area contributed by atoms with Gasteiger partial charge in [-0.25, -0.2) is 8.42 Å². The number of thiazole rings is 1. The van der Waals surface area contributed by atoms with Crippen molar-refractivity contribution in [2.24, 2.45) is 5.92 Å². The molecule has 0 bridgehead atoms. The van der Waals surface area contributed by atoms with Crippen molar-refractivity contribution in [2.75, 3.05) is 26.2 Å². The third-order valence-electron chi connectivity index (χ3n) is 3.69. The third kappa shape index (κ3) is 3.94. The van der Waals surface area contributed by atoms with Gasteiger partial charge in [0.25, 0.3) is 10.0 Å². The van der Waals surface area contributed by atoms with Crippen molar-refractivity contribution in [2.45, 2.75) is 37.3 Å². The highest BCUT2D eigenvalue weighted by Crippen LogP contribution is 2.23. The number of sulfonamides is 1. The van der Waals surface area contributed by atoms with E-state index in [0.29, 0.717) is 24.7 Å². The lowest BCUT2D eigenvalue weighted by molar-refractivity contribution is 0.292. The molecule has 0 spiro atoms. The Morgan fingerprint density at radius 3 is 2.71 bits per heavy atom. The SMILES string of the molecule is CCCN(CC1CCCNC1)S(=O)(=O)c1sc(=O)[nH]c1C. The van der Waals surface area contributed by atoms with Crippen molar-refractivity contribution in [1.82, 2.24) is 14.6 Å². The van der Waals surface area contributed by atoms with Crippen LogP contribution in [-0.4, -0.2) is 43.9 Å². The summed E-state index contributed by atoms with van der Waals surface area (Å²) in [4.78, 5) is 13.6. The van der Waals surface area contributed by atoms with Gasteiger partial charge in [-0.3, -0.25) is 4.79 Å². The molecule has 1 saturated heterocycles. The zero-order valence-electron chi connectivity index (χ0n) is 12.5. The van der Waals surface area contributed by atoms with E-state index >= 15 is 0 Å². The Bertz CT molecular complexity index is 615. The van der Waals surface area contributed by atoms with Crippen LogP contribution in [0.1, 0.15) is 31.9 Å². The van der Waals surface area contributed by atoms with Gasteiger partial charge in [0.15, 0.2) is 4.21 Å². The lowest BCUT2D eigenvalue weighted by Crippen LogP contribution is -2.41. The second-order valence-electron chi connectivity index (χ2n) is 5.50. The molecule has 2 rings (SSSR count). The van der Waals surface area contributed by atoms with Crippen LogP contribution in [0.25, 0.3) is 0 Å². The highest BCUT2D eigenvalue weighted by Gasteiger charge is 2.30. The minimum Gasteiger partial charge on any atom is -0.316 e. The van der Waals surface area contributed by atoms with Crippen LogP contribution in [0, 0.1) is 12.8 Å². The van der Waals surface area contributed by atoms with Gasteiger partial charge in [0.05, 0.1) is 0 Å². The van der Waals surface area contributed by atoms with E-state index in [1.54, 1.807) is 6.92 Å². The van der Waals surface area contributed by atoms with Crippen molar-refractivity contribution >= 4 is 21.4 Å². The fourth-order valence-corrected chi connectivity index (χ4v) is 5.72. The third-order valence-corrected chi connectivity index (χ3v) is 7.14. The predicted octanol–water partition coefficient (Wildman–Crippen LogP) is 1.15. The molecule has 0 amide bonds. The number of aryl methyl sites for hydroxylation is 1. The summed E-state index contributed by atoms with van der Waals surface area (Å²) in [6.45, 7) is 6.48. The highest BCUT2D eigenvalue weighted by molar-refractivity contribution is 7.91. The predicted molar refractivity (Wildman–Crippen MR) is 84.3 cm³/mol. The molecule has 0 radical (unpaired) electrons. The first-order chi connectivity index (χ1) is 9.95. The van der Waals surface area contributed by atoms with E-state index in [-0.39, 0.29) is 9.08 Å². The molecule has 2 N–H and O–H groups in total. The fourth-order valence-electron chi connectivity index (χ4n) is 2.68. The van der Waals surface area contributed by atoms with E-state index in [2.05, 4.69) is 10.3 Å². The van der Waals surface area contributed by atoms with Gasteiger partial charge in [-0.15, -0.1) is 0 Å². The van der Waals surface area contributed by atoms with Crippen molar-refractivity contribution < 1.29 is 8.42 Å². The van der Waals surface area contributed by atoms with Gasteiger partial charge in [0.2, 0.25) is 0 Å². The number of hydrogen-bond acceptors (Lipinski definition) is 5. The summed E-state index contributed by atoms with van der Waals surface area (Å²) in [5.74, 6) is 0.344. The van der Waals surface area contributed by atoms with Crippen molar-refractivity contribution in [3.63, 3.8) is 0 Å². The molecule has 1 aliphatic heterocycles. The number of nitrogens with zero attached hydrogens (tertiary/aromatic N) is 1. The van der Waals surface area contributed by atoms with Crippen LogP contribution in [0.4, 0.5) is 0 Å². The number of hydrogen-bond donors (Lipinski definition) is 2. The van der Waals surface area contributed by atoms with E-state index in [1.807, 2.05) is 6.92 Å². The average molecular weight is 333 g/mol. The minimum atomic E-state index is -3.58. The minimum absolute atomic E-state index is 0.157. The monoisotopic (exact) mass is 333 g/mol. The zero-order chi connectivity index (χ0) is 15.5. The maximum Gasteiger partial charge on any atom is 0.305 e. The number of aromatic amines is 1. The number of nitrogens with one attached hydrogen (secondary N) is 2. The van der Waals surface area contributed by atoms with Crippen molar-refractivity contribution in [3.8, 4) is 0 Å². The van der Waals surface area contributed by atoms with E-state index < -0.39 is 10.0 Å². The maximum atomic E-state index is 12.8. The number of rotatable bonds is 6. The molecular weight excluding hydrogens is 310 g/mol. The van der Waals surface area contributed by atoms with E-state index in [0.717, 1.165) is 43.7 Å². The summed E-state index contributed by atoms with van der Waals surface area (Å²) in [5.41, 5.74) is 0.438. The normalized spacial score (nSPS) is 20.0. The molecule has 1 aromatic rings. The second-order valence-corrected chi connectivity index (χ2v) is 8.62. The van der Waals surface area contributed by atoms with Crippen LogP contribution in [0.15, 0.2) is 9.00 Å². The Morgan fingerprint density at radius 1 is 1.43 bits per heavy atom. The van der Waals surface area contributed by atoms with E-state index in [4.69, 9.17) is 0 Å². The Labute approximate surface area is 129 Å². The summed E-state index contributed by atoms with van der Waals surface area (Å²) in [7, 11) is -3.58. The summed E-state index contributed by atoms with van der Waals surface area (Å²) in [5, 5.41) is 3.31. The molecule has 1 unspecified atom stereocenters. The smallest absolute Gasteiger partial charge is 0.305 e. The van der Waals surface area contributed by atoms with Gasteiger partial charge in [0, 0.05) is 18.8 Å². The Kier molecular flexibility index (Phi) is 5.59. The van der Waals surface area contributed by atoms with Gasteiger partial charge >= 0.3 is 4.87 Å². The molecule has 1 atom stereocenters. The zero-order valence-corrected chi connectivity index (χ0v) is 14.1. The lowest BCUT2D eigenvalue weighted by atomic mass is 10.00. The number of H-pyrrole nitrogens is 1. The molecule has 8 heteroatoms. The second kappa shape index (κ2) is 7.04. The summed E-state index contributed by atoms with van der Waals surface area (Å²) < 4.78 is 27.3. The standard InChI is InChI=1S/C13H23N3O3S2/c1-3-7-16(9-11-5-4-6-14-8-11)21(18,19)12-10(2)15-13(17)20-12/h11,14H,3-9H2,1-2H3,(H,15,17). The van der Waals surface area contributed by atoms with Gasteiger partial charge < -0.3 is 10.3 Å². The summed E-state index contributed by atoms with van der Waals surface area (Å²) >= 11 is 0.781. The van der Waals surface area contributed by atoms with Crippen LogP contribution in [0.5, 0.6) is 0 Å². The molecule has 21 heavy (non-hydrogen) atoms. The molecular formula is C13H23N3O3S2. The Morgan fingerprint density at radius 2 is 2.19 bits per heavy atom. The summed E-state index contributed by atoms with van der Waals surface area (Å²) in [6.07, 6.45) is 2.89. The fraction of sp³-hybridized carbons (Fsp3) is 0.769. The van der Waals surface area contributed by atoms with Crippen LogP contribution in [-0.2, 0) is 10.0 Å². The van der Waals surface area contributed by atoms with Crippen LogP contribution < -0.4 is 10.2 Å². The quantitative estimate of drug-likeness (QED) is 0.818. The molecule has 120 valence electrons. The molecule has 1 aromatic heterocycles. The molecule has 0 saturated carbocycles. The molecule has 6 nitrogen and oxygen atoms in total. The van der Waals surface area contributed by atoms with E-state index in [9.17, 15) is 13.2 Å². The van der Waals surface area contributed by atoms with Gasteiger partial charge in [0.1, 0.15) is 0 Å². The van der Waals surface area contributed by atoms with E-state index in [1.165, 1.54) is 4.31 Å². The Hall–Kier alpha value is -0.700. The first-order valence-corrected chi connectivity index (χ1v) is 9.61.